The average molecular weight is 315 g/mol. The Kier molecular flexibility index (Phi) is 4.80. The molecule has 2 heteroatoms. The van der Waals surface area contributed by atoms with E-state index in [1.807, 2.05) is 29.6 Å². The summed E-state index contributed by atoms with van der Waals surface area (Å²) in [4.78, 5) is 0. The second-order valence-electron chi connectivity index (χ2n) is 5.64. The van der Waals surface area contributed by atoms with E-state index in [1.54, 1.807) is 0 Å². The van der Waals surface area contributed by atoms with Crippen LogP contribution in [0.3, 0.4) is 0 Å². The number of nitriles is 1. The SMILES string of the molecule is N#Cc1ccc(-c2ccc3cc(CCCC=S)ccc3c2)cc1. The van der Waals surface area contributed by atoms with E-state index in [-0.39, 0.29) is 0 Å². The van der Waals surface area contributed by atoms with Crippen LogP contribution in [0.1, 0.15) is 24.0 Å². The highest BCUT2D eigenvalue weighted by molar-refractivity contribution is 7.78. The third-order valence-electron chi connectivity index (χ3n) is 4.04. The van der Waals surface area contributed by atoms with Crippen molar-refractivity contribution >= 4 is 28.4 Å². The van der Waals surface area contributed by atoms with Crippen LogP contribution in [0.2, 0.25) is 0 Å². The van der Waals surface area contributed by atoms with E-state index in [0.29, 0.717) is 5.56 Å². The normalized spacial score (nSPS) is 10.4. The number of benzene rings is 3. The zero-order valence-corrected chi connectivity index (χ0v) is 13.6. The summed E-state index contributed by atoms with van der Waals surface area (Å²) in [6.07, 6.45) is 3.17. The Morgan fingerprint density at radius 3 is 2.30 bits per heavy atom. The molecular formula is C21H17NS. The number of hydrogen-bond donors (Lipinski definition) is 0. The molecule has 23 heavy (non-hydrogen) atoms. The lowest BCUT2D eigenvalue weighted by Gasteiger charge is -2.07. The van der Waals surface area contributed by atoms with Gasteiger partial charge in [0.1, 0.15) is 0 Å². The number of rotatable bonds is 5. The van der Waals surface area contributed by atoms with Crippen molar-refractivity contribution in [3.63, 3.8) is 0 Å². The fourth-order valence-corrected chi connectivity index (χ4v) is 2.92. The number of unbranched alkanes of at least 4 members (excludes halogenated alkanes) is 1. The molecule has 0 heterocycles. The summed E-state index contributed by atoms with van der Waals surface area (Å²) in [6, 6.07) is 23.1. The minimum atomic E-state index is 0.690. The second-order valence-corrected chi connectivity index (χ2v) is 5.98. The van der Waals surface area contributed by atoms with Gasteiger partial charge in [-0.3, -0.25) is 0 Å². The number of hydrogen-bond acceptors (Lipinski definition) is 2. The molecule has 112 valence electrons. The zero-order valence-electron chi connectivity index (χ0n) is 12.8. The second kappa shape index (κ2) is 7.17. The lowest BCUT2D eigenvalue weighted by molar-refractivity contribution is 0.880. The average Bonchev–Trinajstić information content (AvgIpc) is 2.61. The quantitative estimate of drug-likeness (QED) is 0.445. The minimum Gasteiger partial charge on any atom is -0.192 e. The summed E-state index contributed by atoms with van der Waals surface area (Å²) >= 11 is 4.88. The van der Waals surface area contributed by atoms with Crippen molar-refractivity contribution in [1.29, 1.82) is 5.26 Å². The van der Waals surface area contributed by atoms with Crippen LogP contribution in [-0.2, 0) is 6.42 Å². The fraction of sp³-hybridized carbons (Fsp3) is 0.143. The molecule has 0 saturated heterocycles. The van der Waals surface area contributed by atoms with Gasteiger partial charge in [-0.1, -0.05) is 54.7 Å². The molecule has 0 bridgehead atoms. The molecule has 1 nitrogen and oxygen atoms in total. The van der Waals surface area contributed by atoms with Crippen LogP contribution in [0, 0.1) is 11.3 Å². The van der Waals surface area contributed by atoms with E-state index in [0.717, 1.165) is 24.8 Å². The molecule has 0 unspecified atom stereocenters. The first-order valence-electron chi connectivity index (χ1n) is 7.77. The summed E-state index contributed by atoms with van der Waals surface area (Å²) in [7, 11) is 0. The van der Waals surface area contributed by atoms with E-state index in [2.05, 4.69) is 42.5 Å². The van der Waals surface area contributed by atoms with Crippen LogP contribution >= 0.6 is 12.2 Å². The predicted octanol–water partition coefficient (Wildman–Crippen LogP) is 5.70. The molecule has 3 aromatic rings. The molecule has 0 N–H and O–H groups in total. The molecule has 0 atom stereocenters. The van der Waals surface area contributed by atoms with Crippen molar-refractivity contribution in [2.75, 3.05) is 0 Å². The minimum absolute atomic E-state index is 0.690. The van der Waals surface area contributed by atoms with Crippen LogP contribution in [0.15, 0.2) is 60.7 Å². The zero-order chi connectivity index (χ0) is 16.1. The van der Waals surface area contributed by atoms with Gasteiger partial charge < -0.3 is 0 Å². The van der Waals surface area contributed by atoms with Crippen molar-refractivity contribution < 1.29 is 0 Å². The maximum Gasteiger partial charge on any atom is 0.0991 e. The van der Waals surface area contributed by atoms with Crippen molar-refractivity contribution in [3.05, 3.63) is 71.8 Å². The Hall–Kier alpha value is -2.50. The van der Waals surface area contributed by atoms with Gasteiger partial charge in [0, 0.05) is 0 Å². The van der Waals surface area contributed by atoms with Gasteiger partial charge in [-0.2, -0.15) is 5.26 Å². The molecule has 3 rings (SSSR count). The van der Waals surface area contributed by atoms with Gasteiger partial charge in [-0.15, -0.1) is 0 Å². The molecule has 0 spiro atoms. The molecule has 3 aromatic carbocycles. The van der Waals surface area contributed by atoms with Gasteiger partial charge in [0.2, 0.25) is 0 Å². The topological polar surface area (TPSA) is 23.8 Å². The van der Waals surface area contributed by atoms with E-state index >= 15 is 0 Å². The first-order chi connectivity index (χ1) is 11.3. The van der Waals surface area contributed by atoms with Crippen LogP contribution < -0.4 is 0 Å². The highest BCUT2D eigenvalue weighted by Gasteiger charge is 2.02. The van der Waals surface area contributed by atoms with Gasteiger partial charge in [-0.05, 0) is 70.3 Å². The number of thiocarbonyl (C=S) groups is 1. The van der Waals surface area contributed by atoms with Gasteiger partial charge >= 0.3 is 0 Å². The summed E-state index contributed by atoms with van der Waals surface area (Å²) in [5.41, 5.74) is 4.36. The molecule has 0 aromatic heterocycles. The van der Waals surface area contributed by atoms with Gasteiger partial charge in [0.15, 0.2) is 0 Å². The van der Waals surface area contributed by atoms with Crippen LogP contribution in [0.5, 0.6) is 0 Å². The summed E-state index contributed by atoms with van der Waals surface area (Å²) in [6.45, 7) is 0. The monoisotopic (exact) mass is 315 g/mol. The molecule has 0 aliphatic carbocycles. The van der Waals surface area contributed by atoms with E-state index in [1.165, 1.54) is 21.9 Å². The summed E-state index contributed by atoms with van der Waals surface area (Å²) in [5, 5.41) is 13.2. The van der Waals surface area contributed by atoms with Crippen molar-refractivity contribution in [3.8, 4) is 17.2 Å². The summed E-state index contributed by atoms with van der Waals surface area (Å²) < 4.78 is 0. The van der Waals surface area contributed by atoms with E-state index in [4.69, 9.17) is 17.5 Å². The molecule has 0 amide bonds. The maximum atomic E-state index is 8.89. The van der Waals surface area contributed by atoms with Gasteiger partial charge in [-0.25, -0.2) is 0 Å². The first kappa shape index (κ1) is 15.4. The number of nitrogens with zero attached hydrogens (tertiary/aromatic N) is 1. The highest BCUT2D eigenvalue weighted by atomic mass is 32.1. The lowest BCUT2D eigenvalue weighted by Crippen LogP contribution is -1.87. The summed E-state index contributed by atoms with van der Waals surface area (Å²) in [5.74, 6) is 0. The van der Waals surface area contributed by atoms with Crippen LogP contribution in [-0.4, -0.2) is 5.37 Å². The molecular weight excluding hydrogens is 298 g/mol. The number of aryl methyl sites for hydroxylation is 1. The predicted molar refractivity (Wildman–Crippen MR) is 101 cm³/mol. The Morgan fingerprint density at radius 1 is 0.870 bits per heavy atom. The first-order valence-corrected chi connectivity index (χ1v) is 8.24. The Bertz CT molecular complexity index is 872. The van der Waals surface area contributed by atoms with Crippen LogP contribution in [0.25, 0.3) is 21.9 Å². The standard InChI is InChI=1S/C21H17NS/c22-15-17-5-7-18(8-6-17)20-11-10-19-13-16(3-1-2-12-23)4-9-21(19)14-20/h4-14H,1-3H2. The molecule has 0 fully saturated rings. The number of fused-ring (bicyclic) bond motifs is 1. The fourth-order valence-electron chi connectivity index (χ4n) is 2.76. The van der Waals surface area contributed by atoms with E-state index < -0.39 is 0 Å². The van der Waals surface area contributed by atoms with Gasteiger partial charge in [0.25, 0.3) is 0 Å². The van der Waals surface area contributed by atoms with Crippen molar-refractivity contribution in [1.82, 2.24) is 0 Å². The maximum absolute atomic E-state index is 8.89. The van der Waals surface area contributed by atoms with Crippen molar-refractivity contribution in [2.45, 2.75) is 19.3 Å². The van der Waals surface area contributed by atoms with E-state index in [9.17, 15) is 0 Å². The Morgan fingerprint density at radius 2 is 1.57 bits per heavy atom. The molecule has 0 aliphatic heterocycles. The van der Waals surface area contributed by atoms with Gasteiger partial charge in [0.05, 0.1) is 11.6 Å². The van der Waals surface area contributed by atoms with Crippen LogP contribution in [0.4, 0.5) is 0 Å². The smallest absolute Gasteiger partial charge is 0.0991 e. The third kappa shape index (κ3) is 3.64. The highest BCUT2D eigenvalue weighted by Crippen LogP contribution is 2.26. The molecule has 0 saturated carbocycles. The van der Waals surface area contributed by atoms with Crippen molar-refractivity contribution in [2.24, 2.45) is 0 Å². The molecule has 0 radical (unpaired) electrons. The lowest BCUT2D eigenvalue weighted by atomic mass is 9.98. The third-order valence-corrected chi connectivity index (χ3v) is 4.28. The molecule has 0 aliphatic rings. The largest absolute Gasteiger partial charge is 0.192 e. The Labute approximate surface area is 142 Å². The Balaban J connectivity index is 1.88.